The fraction of sp³-hybridized carbons (Fsp3) is 0.786. The number of guanidine groups is 1. The molecule has 0 bridgehead atoms. The van der Waals surface area contributed by atoms with E-state index in [4.69, 9.17) is 0 Å². The van der Waals surface area contributed by atoms with Gasteiger partial charge in [0.15, 0.2) is 5.96 Å². The second kappa shape index (κ2) is 9.97. The molecule has 7 heteroatoms. The Kier molecular flexibility index (Phi) is 8.63. The molecule has 1 aliphatic rings. The van der Waals surface area contributed by atoms with Gasteiger partial charge in [0, 0.05) is 39.5 Å². The highest BCUT2D eigenvalue weighted by atomic mass is 127. The lowest BCUT2D eigenvalue weighted by Gasteiger charge is -2.11. The van der Waals surface area contributed by atoms with Crippen molar-refractivity contribution in [1.29, 1.82) is 0 Å². The van der Waals surface area contributed by atoms with Crippen molar-refractivity contribution in [2.75, 3.05) is 20.1 Å². The monoisotopic (exact) mass is 406 g/mol. The number of nitrogens with one attached hydrogen (secondary N) is 2. The molecule has 2 N–H and O–H groups in total. The molecule has 0 spiro atoms. The van der Waals surface area contributed by atoms with Gasteiger partial charge in [-0.2, -0.15) is 0 Å². The molecule has 0 radical (unpaired) electrons. The van der Waals surface area contributed by atoms with Crippen LogP contribution in [-0.4, -0.2) is 40.9 Å². The van der Waals surface area contributed by atoms with E-state index in [1.54, 1.807) is 7.05 Å². The molecule has 120 valence electrons. The van der Waals surface area contributed by atoms with Gasteiger partial charge in [-0.15, -0.1) is 34.2 Å². The molecule has 0 aromatic carbocycles. The highest BCUT2D eigenvalue weighted by Crippen LogP contribution is 2.14. The normalized spacial score (nSPS) is 14.9. The Hall–Kier alpha value is -0.860. The fourth-order valence-electron chi connectivity index (χ4n) is 2.49. The molecule has 6 nitrogen and oxygen atoms in total. The second-order valence-electron chi connectivity index (χ2n) is 5.17. The molecule has 21 heavy (non-hydrogen) atoms. The Morgan fingerprint density at radius 1 is 1.19 bits per heavy atom. The average molecular weight is 406 g/mol. The van der Waals surface area contributed by atoms with Gasteiger partial charge in [0.1, 0.15) is 11.6 Å². The van der Waals surface area contributed by atoms with Crippen LogP contribution in [0.2, 0.25) is 0 Å². The summed E-state index contributed by atoms with van der Waals surface area (Å²) < 4.78 is 2.30. The molecule has 0 fully saturated rings. The molecule has 0 saturated carbocycles. The molecule has 0 aliphatic carbocycles. The van der Waals surface area contributed by atoms with Crippen LogP contribution in [0.4, 0.5) is 0 Å². The third kappa shape index (κ3) is 5.44. The van der Waals surface area contributed by atoms with Crippen molar-refractivity contribution >= 4 is 29.9 Å². The van der Waals surface area contributed by atoms with Crippen molar-refractivity contribution in [2.24, 2.45) is 4.99 Å². The van der Waals surface area contributed by atoms with Crippen LogP contribution >= 0.6 is 24.0 Å². The topological polar surface area (TPSA) is 67.1 Å². The van der Waals surface area contributed by atoms with Crippen molar-refractivity contribution in [2.45, 2.75) is 52.0 Å². The summed E-state index contributed by atoms with van der Waals surface area (Å²) >= 11 is 0. The van der Waals surface area contributed by atoms with E-state index >= 15 is 0 Å². The minimum atomic E-state index is 0. The summed E-state index contributed by atoms with van der Waals surface area (Å²) in [6.45, 7) is 4.99. The van der Waals surface area contributed by atoms with E-state index in [2.05, 4.69) is 37.3 Å². The Bertz CT molecular complexity index is 443. The van der Waals surface area contributed by atoms with E-state index in [1.807, 2.05) is 0 Å². The van der Waals surface area contributed by atoms with Crippen molar-refractivity contribution in [3.63, 3.8) is 0 Å². The summed E-state index contributed by atoms with van der Waals surface area (Å²) in [5.41, 5.74) is 0. The van der Waals surface area contributed by atoms with E-state index in [0.717, 1.165) is 56.5 Å². The van der Waals surface area contributed by atoms with Crippen LogP contribution < -0.4 is 10.6 Å². The quantitative estimate of drug-likeness (QED) is 0.444. The van der Waals surface area contributed by atoms with E-state index in [0.29, 0.717) is 0 Å². The maximum atomic E-state index is 4.34. The third-order valence-electron chi connectivity index (χ3n) is 3.59. The number of aryl methyl sites for hydroxylation is 1. The fourth-order valence-corrected chi connectivity index (χ4v) is 2.49. The first-order valence-corrected chi connectivity index (χ1v) is 7.70. The van der Waals surface area contributed by atoms with E-state index in [1.165, 1.54) is 19.3 Å². The van der Waals surface area contributed by atoms with Crippen LogP contribution in [0.3, 0.4) is 0 Å². The molecule has 0 atom stereocenters. The van der Waals surface area contributed by atoms with Crippen LogP contribution in [0.25, 0.3) is 0 Å². The van der Waals surface area contributed by atoms with Gasteiger partial charge < -0.3 is 15.2 Å². The zero-order chi connectivity index (χ0) is 14.2. The molecule has 2 rings (SSSR count). The van der Waals surface area contributed by atoms with Gasteiger partial charge in [-0.25, -0.2) is 0 Å². The van der Waals surface area contributed by atoms with Gasteiger partial charge in [0.2, 0.25) is 0 Å². The lowest BCUT2D eigenvalue weighted by Crippen LogP contribution is -2.38. The van der Waals surface area contributed by atoms with Crippen molar-refractivity contribution in [3.05, 3.63) is 11.6 Å². The standard InChI is InChI=1S/C14H26N6.HI/c1-3-9-16-14(15-2)17-10-8-13-19-18-12-7-5-4-6-11-20(12)13;/h3-11H2,1-2H3,(H2,15,16,17);1H. The van der Waals surface area contributed by atoms with E-state index < -0.39 is 0 Å². The van der Waals surface area contributed by atoms with E-state index in [-0.39, 0.29) is 24.0 Å². The number of hydrogen-bond acceptors (Lipinski definition) is 3. The predicted molar refractivity (Wildman–Crippen MR) is 96.4 cm³/mol. The van der Waals surface area contributed by atoms with Crippen LogP contribution in [0.15, 0.2) is 4.99 Å². The zero-order valence-corrected chi connectivity index (χ0v) is 15.4. The maximum absolute atomic E-state index is 4.34. The minimum Gasteiger partial charge on any atom is -0.356 e. The Balaban J connectivity index is 0.00000220. The summed E-state index contributed by atoms with van der Waals surface area (Å²) in [5, 5.41) is 15.3. The van der Waals surface area contributed by atoms with Crippen LogP contribution in [-0.2, 0) is 19.4 Å². The Labute approximate surface area is 144 Å². The van der Waals surface area contributed by atoms with Crippen LogP contribution in [0, 0.1) is 0 Å². The van der Waals surface area contributed by atoms with Crippen molar-refractivity contribution in [1.82, 2.24) is 25.4 Å². The molecule has 1 aliphatic heterocycles. The minimum absolute atomic E-state index is 0. The molecule has 0 unspecified atom stereocenters. The van der Waals surface area contributed by atoms with Gasteiger partial charge in [-0.1, -0.05) is 13.3 Å². The van der Waals surface area contributed by atoms with Gasteiger partial charge in [0.25, 0.3) is 0 Å². The first-order valence-electron chi connectivity index (χ1n) is 7.70. The number of halogens is 1. The number of aliphatic imine (C=N–C) groups is 1. The first kappa shape index (κ1) is 18.2. The molecule has 1 aromatic rings. The van der Waals surface area contributed by atoms with Crippen molar-refractivity contribution in [3.8, 4) is 0 Å². The largest absolute Gasteiger partial charge is 0.356 e. The van der Waals surface area contributed by atoms with Gasteiger partial charge in [0.05, 0.1) is 0 Å². The molecule has 1 aromatic heterocycles. The van der Waals surface area contributed by atoms with Crippen LogP contribution in [0.1, 0.15) is 44.3 Å². The average Bonchev–Trinajstić information content (AvgIpc) is 2.70. The van der Waals surface area contributed by atoms with Gasteiger partial charge in [-0.3, -0.25) is 4.99 Å². The summed E-state index contributed by atoms with van der Waals surface area (Å²) in [6, 6.07) is 0. The summed E-state index contributed by atoms with van der Waals surface area (Å²) in [6.07, 6.45) is 6.84. The number of nitrogens with zero attached hydrogens (tertiary/aromatic N) is 4. The van der Waals surface area contributed by atoms with E-state index in [9.17, 15) is 0 Å². The SMILES string of the molecule is CCCNC(=NC)NCCc1nnc2n1CCCCC2.I. The molecule has 0 amide bonds. The van der Waals surface area contributed by atoms with Gasteiger partial charge >= 0.3 is 0 Å². The first-order chi connectivity index (χ1) is 9.85. The highest BCUT2D eigenvalue weighted by molar-refractivity contribution is 14.0. The summed E-state index contributed by atoms with van der Waals surface area (Å²) in [5.74, 6) is 3.12. The third-order valence-corrected chi connectivity index (χ3v) is 3.59. The van der Waals surface area contributed by atoms with Crippen LogP contribution in [0.5, 0.6) is 0 Å². The predicted octanol–water partition coefficient (Wildman–Crippen LogP) is 1.74. The lowest BCUT2D eigenvalue weighted by molar-refractivity contribution is 0.600. The van der Waals surface area contributed by atoms with Crippen molar-refractivity contribution < 1.29 is 0 Å². The highest BCUT2D eigenvalue weighted by Gasteiger charge is 2.14. The number of aromatic nitrogens is 3. The molecule has 2 heterocycles. The Morgan fingerprint density at radius 3 is 2.76 bits per heavy atom. The zero-order valence-electron chi connectivity index (χ0n) is 13.1. The number of rotatable bonds is 5. The summed E-state index contributed by atoms with van der Waals surface area (Å²) in [7, 11) is 1.80. The molecular formula is C14H27IN6. The maximum Gasteiger partial charge on any atom is 0.190 e. The summed E-state index contributed by atoms with van der Waals surface area (Å²) in [4.78, 5) is 4.20. The second-order valence-corrected chi connectivity index (χ2v) is 5.17. The smallest absolute Gasteiger partial charge is 0.190 e. The lowest BCUT2D eigenvalue weighted by atomic mass is 10.2. The molecule has 0 saturated heterocycles. The number of hydrogen-bond donors (Lipinski definition) is 2. The molecular weight excluding hydrogens is 379 g/mol. The number of fused-ring (bicyclic) bond motifs is 1. The van der Waals surface area contributed by atoms with Gasteiger partial charge in [-0.05, 0) is 19.3 Å². The Morgan fingerprint density at radius 2 is 2.00 bits per heavy atom.